The van der Waals surface area contributed by atoms with Crippen LogP contribution in [0.3, 0.4) is 0 Å². The van der Waals surface area contributed by atoms with Gasteiger partial charge in [-0.05, 0) is 63.1 Å². The molecule has 30 heavy (non-hydrogen) atoms. The van der Waals surface area contributed by atoms with E-state index in [1.54, 1.807) is 4.90 Å². The first-order valence-electron chi connectivity index (χ1n) is 11.4. The standard InChI is InChI=1S/C24H38N2O4/c1-18(2)17-29-23(27)26-15-11-24(28,12-16-26)20-5-7-21(8-6-20)30-22-9-13-25(14-10-22)19(3)4/h5-8,18-19,22,28H,9-17H2,1-4H3. The fourth-order valence-electron chi connectivity index (χ4n) is 4.22. The molecule has 1 N–H and O–H groups in total. The van der Waals surface area contributed by atoms with E-state index in [9.17, 15) is 9.90 Å². The van der Waals surface area contributed by atoms with Gasteiger partial charge < -0.3 is 24.4 Å². The summed E-state index contributed by atoms with van der Waals surface area (Å²) < 4.78 is 11.5. The van der Waals surface area contributed by atoms with Crippen molar-refractivity contribution in [2.45, 2.75) is 71.1 Å². The number of hydrogen-bond acceptors (Lipinski definition) is 5. The minimum atomic E-state index is -0.907. The quantitative estimate of drug-likeness (QED) is 0.756. The van der Waals surface area contributed by atoms with E-state index in [0.29, 0.717) is 44.5 Å². The maximum Gasteiger partial charge on any atom is 0.409 e. The zero-order valence-corrected chi connectivity index (χ0v) is 19.0. The van der Waals surface area contributed by atoms with E-state index in [1.165, 1.54) is 0 Å². The number of rotatable bonds is 6. The van der Waals surface area contributed by atoms with Crippen LogP contribution >= 0.6 is 0 Å². The summed E-state index contributed by atoms with van der Waals surface area (Å²) in [5.41, 5.74) is -0.0182. The van der Waals surface area contributed by atoms with Gasteiger partial charge in [-0.2, -0.15) is 0 Å². The molecule has 0 spiro atoms. The lowest BCUT2D eigenvalue weighted by atomic mass is 9.84. The Morgan fingerprint density at radius 1 is 1.07 bits per heavy atom. The summed E-state index contributed by atoms with van der Waals surface area (Å²) >= 11 is 0. The summed E-state index contributed by atoms with van der Waals surface area (Å²) in [6, 6.07) is 8.45. The highest BCUT2D eigenvalue weighted by Crippen LogP contribution is 2.34. The van der Waals surface area contributed by atoms with E-state index < -0.39 is 5.60 Å². The molecule has 0 bridgehead atoms. The van der Waals surface area contributed by atoms with E-state index >= 15 is 0 Å². The fourth-order valence-corrected chi connectivity index (χ4v) is 4.22. The van der Waals surface area contributed by atoms with Gasteiger partial charge in [0.1, 0.15) is 11.9 Å². The molecule has 2 fully saturated rings. The van der Waals surface area contributed by atoms with Gasteiger partial charge in [0, 0.05) is 32.2 Å². The summed E-state index contributed by atoms with van der Waals surface area (Å²) in [6.45, 7) is 12.1. The van der Waals surface area contributed by atoms with Crippen molar-refractivity contribution >= 4 is 6.09 Å². The van der Waals surface area contributed by atoms with E-state index in [4.69, 9.17) is 9.47 Å². The average molecular weight is 419 g/mol. The first-order chi connectivity index (χ1) is 14.3. The first-order valence-corrected chi connectivity index (χ1v) is 11.4. The van der Waals surface area contributed by atoms with Gasteiger partial charge in [-0.1, -0.05) is 26.0 Å². The van der Waals surface area contributed by atoms with Crippen LogP contribution in [0, 0.1) is 5.92 Å². The zero-order valence-electron chi connectivity index (χ0n) is 19.0. The number of carbonyl (C=O) groups excluding carboxylic acids is 1. The van der Waals surface area contributed by atoms with E-state index in [1.807, 2.05) is 38.1 Å². The minimum Gasteiger partial charge on any atom is -0.490 e. The molecule has 3 rings (SSSR count). The molecule has 168 valence electrons. The molecule has 6 nitrogen and oxygen atoms in total. The third kappa shape index (κ3) is 5.88. The van der Waals surface area contributed by atoms with Crippen molar-refractivity contribution in [2.75, 3.05) is 32.8 Å². The Kier molecular flexibility index (Phi) is 7.64. The lowest BCUT2D eigenvalue weighted by molar-refractivity contribution is -0.0256. The lowest BCUT2D eigenvalue weighted by Gasteiger charge is -2.38. The average Bonchev–Trinajstić information content (AvgIpc) is 2.73. The van der Waals surface area contributed by atoms with Gasteiger partial charge in [-0.3, -0.25) is 0 Å². The molecule has 2 saturated heterocycles. The molecule has 2 aliphatic heterocycles. The SMILES string of the molecule is CC(C)COC(=O)N1CCC(O)(c2ccc(OC3CCN(C(C)C)CC3)cc2)CC1. The molecule has 2 aliphatic rings. The van der Waals surface area contributed by atoms with Crippen LogP contribution in [-0.2, 0) is 10.3 Å². The number of aliphatic hydroxyl groups is 1. The van der Waals surface area contributed by atoms with Crippen molar-refractivity contribution in [2.24, 2.45) is 5.92 Å². The molecule has 0 aliphatic carbocycles. The third-order valence-corrected chi connectivity index (χ3v) is 6.29. The number of hydrogen-bond donors (Lipinski definition) is 1. The number of amides is 1. The molecule has 0 aromatic heterocycles. The number of carbonyl (C=O) groups is 1. The van der Waals surface area contributed by atoms with Crippen LogP contribution in [0.25, 0.3) is 0 Å². The van der Waals surface area contributed by atoms with E-state index in [-0.39, 0.29) is 12.2 Å². The number of likely N-dealkylation sites (tertiary alicyclic amines) is 2. The Balaban J connectivity index is 1.49. The van der Waals surface area contributed by atoms with Gasteiger partial charge >= 0.3 is 6.09 Å². The van der Waals surface area contributed by atoms with Crippen LogP contribution in [0.15, 0.2) is 24.3 Å². The third-order valence-electron chi connectivity index (χ3n) is 6.29. The van der Waals surface area contributed by atoms with E-state index in [0.717, 1.165) is 37.2 Å². The number of nitrogens with zero attached hydrogens (tertiary/aromatic N) is 2. The van der Waals surface area contributed by atoms with Crippen LogP contribution in [0.2, 0.25) is 0 Å². The Morgan fingerprint density at radius 3 is 2.20 bits per heavy atom. The van der Waals surface area contributed by atoms with Crippen LogP contribution < -0.4 is 4.74 Å². The molecular weight excluding hydrogens is 380 g/mol. The van der Waals surface area contributed by atoms with Gasteiger partial charge in [0.05, 0.1) is 12.2 Å². The molecule has 1 aromatic rings. The highest BCUT2D eigenvalue weighted by Gasteiger charge is 2.36. The molecular formula is C24H38N2O4. The van der Waals surface area contributed by atoms with Crippen LogP contribution in [0.4, 0.5) is 4.79 Å². The molecule has 0 radical (unpaired) electrons. The van der Waals surface area contributed by atoms with Crippen LogP contribution in [0.5, 0.6) is 5.75 Å². The largest absolute Gasteiger partial charge is 0.490 e. The maximum atomic E-state index is 12.1. The Bertz CT molecular complexity index is 673. The summed E-state index contributed by atoms with van der Waals surface area (Å²) in [5, 5.41) is 11.1. The molecule has 0 atom stereocenters. The number of piperidine rings is 2. The molecule has 0 unspecified atom stereocenters. The predicted octanol–water partition coefficient (Wildman–Crippen LogP) is 4.01. The van der Waals surface area contributed by atoms with Crippen LogP contribution in [0.1, 0.15) is 58.9 Å². The zero-order chi connectivity index (χ0) is 21.7. The van der Waals surface area contributed by atoms with Crippen molar-refractivity contribution in [3.63, 3.8) is 0 Å². The number of benzene rings is 1. The van der Waals surface area contributed by atoms with Crippen molar-refractivity contribution in [3.8, 4) is 5.75 Å². The van der Waals surface area contributed by atoms with Crippen molar-refractivity contribution < 1.29 is 19.4 Å². The fraction of sp³-hybridized carbons (Fsp3) is 0.708. The van der Waals surface area contributed by atoms with Crippen molar-refractivity contribution in [3.05, 3.63) is 29.8 Å². The Hall–Kier alpha value is -1.79. The minimum absolute atomic E-state index is 0.258. The Labute approximate surface area is 181 Å². The second kappa shape index (κ2) is 10.0. The number of ether oxygens (including phenoxy) is 2. The highest BCUT2D eigenvalue weighted by atomic mass is 16.6. The monoisotopic (exact) mass is 418 g/mol. The summed E-state index contributed by atoms with van der Waals surface area (Å²) in [4.78, 5) is 16.3. The molecule has 0 saturated carbocycles. The van der Waals surface area contributed by atoms with Gasteiger partial charge in [-0.25, -0.2) is 4.79 Å². The molecule has 2 heterocycles. The van der Waals surface area contributed by atoms with Gasteiger partial charge in [0.15, 0.2) is 0 Å². The topological polar surface area (TPSA) is 62.2 Å². The van der Waals surface area contributed by atoms with Crippen LogP contribution in [-0.4, -0.2) is 65.9 Å². The molecule has 6 heteroatoms. The second-order valence-electron chi connectivity index (χ2n) is 9.46. The highest BCUT2D eigenvalue weighted by molar-refractivity contribution is 5.67. The summed E-state index contributed by atoms with van der Waals surface area (Å²) in [5.74, 6) is 1.18. The molecule has 1 aromatic carbocycles. The second-order valence-corrected chi connectivity index (χ2v) is 9.46. The van der Waals surface area contributed by atoms with E-state index in [2.05, 4.69) is 18.7 Å². The van der Waals surface area contributed by atoms with Gasteiger partial charge in [-0.15, -0.1) is 0 Å². The Morgan fingerprint density at radius 2 is 1.67 bits per heavy atom. The van der Waals surface area contributed by atoms with Gasteiger partial charge in [0.25, 0.3) is 0 Å². The summed E-state index contributed by atoms with van der Waals surface area (Å²) in [6.07, 6.45) is 3.10. The first kappa shape index (κ1) is 22.9. The summed E-state index contributed by atoms with van der Waals surface area (Å²) in [7, 11) is 0. The predicted molar refractivity (Wildman–Crippen MR) is 118 cm³/mol. The smallest absolute Gasteiger partial charge is 0.409 e. The van der Waals surface area contributed by atoms with Crippen molar-refractivity contribution in [1.29, 1.82) is 0 Å². The molecule has 1 amide bonds. The lowest BCUT2D eigenvalue weighted by Crippen LogP contribution is -2.45. The van der Waals surface area contributed by atoms with Crippen molar-refractivity contribution in [1.82, 2.24) is 9.80 Å². The maximum absolute atomic E-state index is 12.1. The van der Waals surface area contributed by atoms with Gasteiger partial charge in [0.2, 0.25) is 0 Å². The normalized spacial score (nSPS) is 20.6.